The van der Waals surface area contributed by atoms with E-state index in [0.29, 0.717) is 23.9 Å². The lowest BCUT2D eigenvalue weighted by atomic mass is 10.0. The number of aliphatic carboxylic acids is 1. The van der Waals surface area contributed by atoms with Crippen LogP contribution in [0.1, 0.15) is 284 Å². The fourth-order valence-electron chi connectivity index (χ4n) is 8.88. The lowest BCUT2D eigenvalue weighted by molar-refractivity contribution is -0.870. The predicted octanol–water partition coefficient (Wildman–Crippen LogP) is 16.9. The number of unbranched alkanes of at least 4 members (excludes halogenated alkanes) is 34. The fourth-order valence-corrected chi connectivity index (χ4v) is 8.88. The van der Waals surface area contributed by atoms with Crippen LogP contribution in [0.2, 0.25) is 0 Å². The van der Waals surface area contributed by atoms with Crippen LogP contribution in [0.5, 0.6) is 0 Å². The monoisotopic (exact) mass is 1030 g/mol. The summed E-state index contributed by atoms with van der Waals surface area (Å²) in [7, 11) is 5.93. The van der Waals surface area contributed by atoms with E-state index in [1.807, 2.05) is 21.1 Å². The Kier molecular flexibility index (Phi) is 53.4. The summed E-state index contributed by atoms with van der Waals surface area (Å²) < 4.78 is 22.7. The number of likely N-dealkylation sites (N-methyl/N-ethyl adjacent to an activating group) is 1. The second-order valence-corrected chi connectivity index (χ2v) is 22.0. The maximum absolute atomic E-state index is 12.9. The molecule has 0 heterocycles. The van der Waals surface area contributed by atoms with Gasteiger partial charge in [0.05, 0.1) is 40.3 Å². The smallest absolute Gasteiger partial charge is 0.306 e. The Balaban J connectivity index is 4.16. The van der Waals surface area contributed by atoms with E-state index in [1.165, 1.54) is 180 Å². The Labute approximate surface area is 451 Å². The first-order valence-electron chi connectivity index (χ1n) is 30.8. The van der Waals surface area contributed by atoms with E-state index >= 15 is 0 Å². The van der Waals surface area contributed by atoms with E-state index in [-0.39, 0.29) is 32.2 Å². The molecular formula is C64H117NO8. The number of hydrogen-bond donors (Lipinski definition) is 0. The Morgan fingerprint density at radius 2 is 0.781 bits per heavy atom. The average Bonchev–Trinajstić information content (AvgIpc) is 3.36. The Morgan fingerprint density at radius 1 is 0.425 bits per heavy atom. The number of quaternary nitrogens is 1. The molecule has 0 bridgehead atoms. The largest absolute Gasteiger partial charge is 0.545 e. The molecule has 0 rings (SSSR count). The number of rotatable bonds is 57. The summed E-state index contributed by atoms with van der Waals surface area (Å²) in [5.74, 6) is -2.28. The standard InChI is InChI=1S/C64H117NO8/c1-6-8-10-12-14-16-18-20-22-24-26-28-29-30-31-32-33-35-36-38-40-42-44-46-48-50-52-54-61(66)71-58-60(59-72-64(63(68)69)70-57-56-65(3,4)5)73-62(67)55-53-51-49-47-45-43-41-39-37-34-27-25-23-21-19-17-15-13-11-9-7-2/h9,11,15,17,21,23,27,34,60,64H,6-8,10,12-14,16,18-20,22,24-26,28-33,35-59H2,1-5H3/b11-9-,17-15-,23-21-,34-27-. The molecule has 0 aliphatic carbocycles. The van der Waals surface area contributed by atoms with Crippen molar-refractivity contribution in [2.45, 2.75) is 296 Å². The molecule has 73 heavy (non-hydrogen) atoms. The number of ether oxygens (including phenoxy) is 4. The normalized spacial score (nSPS) is 13.1. The highest BCUT2D eigenvalue weighted by Gasteiger charge is 2.22. The van der Waals surface area contributed by atoms with Gasteiger partial charge in [-0.05, 0) is 51.4 Å². The molecule has 0 aromatic carbocycles. The second kappa shape index (κ2) is 55.5. The van der Waals surface area contributed by atoms with Crippen molar-refractivity contribution in [3.63, 3.8) is 0 Å². The first-order chi connectivity index (χ1) is 35.6. The van der Waals surface area contributed by atoms with Gasteiger partial charge in [-0.1, -0.05) is 268 Å². The third-order valence-electron chi connectivity index (χ3n) is 13.6. The molecule has 0 fully saturated rings. The number of esters is 2. The Hall–Kier alpha value is -2.75. The van der Waals surface area contributed by atoms with E-state index in [4.69, 9.17) is 18.9 Å². The summed E-state index contributed by atoms with van der Waals surface area (Å²) in [6, 6.07) is 0. The second-order valence-electron chi connectivity index (χ2n) is 22.0. The quantitative estimate of drug-likeness (QED) is 0.0195. The van der Waals surface area contributed by atoms with Crippen LogP contribution in [0, 0.1) is 0 Å². The maximum atomic E-state index is 12.9. The van der Waals surface area contributed by atoms with E-state index in [2.05, 4.69) is 62.5 Å². The molecular weight excluding hydrogens is 911 g/mol. The summed E-state index contributed by atoms with van der Waals surface area (Å²) in [6.45, 7) is 4.67. The van der Waals surface area contributed by atoms with Gasteiger partial charge >= 0.3 is 11.9 Å². The van der Waals surface area contributed by atoms with Crippen LogP contribution in [-0.2, 0) is 33.3 Å². The van der Waals surface area contributed by atoms with Gasteiger partial charge in [-0.3, -0.25) is 9.59 Å². The van der Waals surface area contributed by atoms with Gasteiger partial charge in [0.2, 0.25) is 0 Å². The summed E-state index contributed by atoms with van der Waals surface area (Å²) in [4.78, 5) is 37.3. The van der Waals surface area contributed by atoms with E-state index in [1.54, 1.807) is 0 Å². The van der Waals surface area contributed by atoms with E-state index in [9.17, 15) is 19.5 Å². The van der Waals surface area contributed by atoms with Crippen molar-refractivity contribution in [1.29, 1.82) is 0 Å². The highest BCUT2D eigenvalue weighted by molar-refractivity contribution is 5.70. The highest BCUT2D eigenvalue weighted by atomic mass is 16.7. The molecule has 0 radical (unpaired) electrons. The van der Waals surface area contributed by atoms with Crippen LogP contribution in [0.3, 0.4) is 0 Å². The van der Waals surface area contributed by atoms with Crippen molar-refractivity contribution in [3.05, 3.63) is 48.6 Å². The van der Waals surface area contributed by atoms with Crippen molar-refractivity contribution in [3.8, 4) is 0 Å². The van der Waals surface area contributed by atoms with Gasteiger partial charge in [-0.2, -0.15) is 0 Å². The van der Waals surface area contributed by atoms with Crippen molar-refractivity contribution in [2.24, 2.45) is 0 Å². The van der Waals surface area contributed by atoms with Gasteiger partial charge in [0.25, 0.3) is 0 Å². The molecule has 0 saturated carbocycles. The molecule has 0 aromatic rings. The van der Waals surface area contributed by atoms with Crippen molar-refractivity contribution >= 4 is 17.9 Å². The summed E-state index contributed by atoms with van der Waals surface area (Å²) >= 11 is 0. The number of carbonyl (C=O) groups is 3. The highest BCUT2D eigenvalue weighted by Crippen LogP contribution is 2.18. The van der Waals surface area contributed by atoms with Crippen LogP contribution in [-0.4, -0.2) is 82.3 Å². The molecule has 0 saturated heterocycles. The number of hydrogen-bond acceptors (Lipinski definition) is 8. The minimum absolute atomic E-state index is 0.146. The minimum atomic E-state index is -1.62. The number of carbonyl (C=O) groups excluding carboxylic acids is 3. The van der Waals surface area contributed by atoms with E-state index < -0.39 is 24.3 Å². The molecule has 0 aromatic heterocycles. The van der Waals surface area contributed by atoms with Crippen molar-refractivity contribution < 1.29 is 42.9 Å². The molecule has 426 valence electrons. The van der Waals surface area contributed by atoms with Crippen molar-refractivity contribution in [1.82, 2.24) is 0 Å². The number of allylic oxidation sites excluding steroid dienone is 8. The summed E-state index contributed by atoms with van der Waals surface area (Å²) in [6.07, 6.45) is 66.0. The third-order valence-corrected chi connectivity index (χ3v) is 13.6. The van der Waals surface area contributed by atoms with Gasteiger partial charge in [0.15, 0.2) is 12.4 Å². The zero-order valence-corrected chi connectivity index (χ0v) is 48.5. The fraction of sp³-hybridized carbons (Fsp3) is 0.828. The number of nitrogens with zero attached hydrogens (tertiary/aromatic N) is 1. The van der Waals surface area contributed by atoms with Crippen molar-refractivity contribution in [2.75, 3.05) is 47.5 Å². The SMILES string of the molecule is CC/C=C\C/C=C\C/C=C\C/C=C\CCCCCCCCCCC(=O)OC(COC(=O)CCCCCCCCCCCCCCCCCCCCCCCCCCCCC)COC(OCC[N+](C)(C)C)C(=O)[O-]. The molecule has 0 aliphatic heterocycles. The first-order valence-corrected chi connectivity index (χ1v) is 30.8. The Morgan fingerprint density at radius 3 is 1.16 bits per heavy atom. The number of carboxylic acids is 1. The zero-order valence-electron chi connectivity index (χ0n) is 48.5. The summed E-state index contributed by atoms with van der Waals surface area (Å²) in [5, 5.41) is 11.8. The van der Waals surface area contributed by atoms with Crippen LogP contribution in [0.25, 0.3) is 0 Å². The predicted molar refractivity (Wildman–Crippen MR) is 306 cm³/mol. The molecule has 2 unspecified atom stereocenters. The van der Waals surface area contributed by atoms with E-state index in [0.717, 1.165) is 70.6 Å². The lowest BCUT2D eigenvalue weighted by Gasteiger charge is -2.26. The van der Waals surface area contributed by atoms with Gasteiger partial charge in [-0.25, -0.2) is 0 Å². The molecule has 9 nitrogen and oxygen atoms in total. The number of carboxylic acid groups (broad SMARTS) is 1. The van der Waals surface area contributed by atoms with Gasteiger partial charge < -0.3 is 33.3 Å². The van der Waals surface area contributed by atoms with Crippen LogP contribution in [0.15, 0.2) is 48.6 Å². The third kappa shape index (κ3) is 56.8. The molecule has 0 aliphatic rings. The molecule has 2 atom stereocenters. The summed E-state index contributed by atoms with van der Waals surface area (Å²) in [5.41, 5.74) is 0. The zero-order chi connectivity index (χ0) is 53.4. The minimum Gasteiger partial charge on any atom is -0.545 e. The molecule has 9 heteroatoms. The van der Waals surface area contributed by atoms with Crippen LogP contribution < -0.4 is 5.11 Å². The van der Waals surface area contributed by atoms with Crippen LogP contribution in [0.4, 0.5) is 0 Å². The van der Waals surface area contributed by atoms with Crippen LogP contribution >= 0.6 is 0 Å². The molecule has 0 amide bonds. The van der Waals surface area contributed by atoms with Gasteiger partial charge in [0, 0.05) is 12.8 Å². The average molecular weight is 1030 g/mol. The lowest BCUT2D eigenvalue weighted by Crippen LogP contribution is -2.44. The molecule has 0 N–H and O–H groups in total. The van der Waals surface area contributed by atoms with Gasteiger partial charge in [-0.15, -0.1) is 0 Å². The topological polar surface area (TPSA) is 111 Å². The Bertz CT molecular complexity index is 1340. The van der Waals surface area contributed by atoms with Gasteiger partial charge in [0.1, 0.15) is 13.2 Å². The maximum Gasteiger partial charge on any atom is 0.306 e. The first kappa shape index (κ1) is 70.2. The molecule has 0 spiro atoms.